The third-order valence-corrected chi connectivity index (χ3v) is 3.95. The number of aromatic nitrogens is 1. The molecule has 2 N–H and O–H groups in total. The number of nitrogens with two attached hydrogens (primary N) is 1. The molecule has 1 aromatic carbocycles. The Morgan fingerprint density at radius 1 is 1.40 bits per heavy atom. The lowest BCUT2D eigenvalue weighted by molar-refractivity contribution is 0.394. The molecule has 0 radical (unpaired) electrons. The Bertz CT molecular complexity index is 592. The van der Waals surface area contributed by atoms with Crippen molar-refractivity contribution in [2.24, 2.45) is 11.7 Å². The van der Waals surface area contributed by atoms with Crippen molar-refractivity contribution in [3.63, 3.8) is 0 Å². The summed E-state index contributed by atoms with van der Waals surface area (Å²) < 4.78 is 11.3. The Morgan fingerprint density at radius 2 is 2.25 bits per heavy atom. The molecule has 1 aromatic heterocycles. The molecule has 3 rings (SSSR count). The fourth-order valence-electron chi connectivity index (χ4n) is 2.79. The van der Waals surface area contributed by atoms with Gasteiger partial charge in [0, 0.05) is 12.0 Å². The second kappa shape index (κ2) is 5.67. The van der Waals surface area contributed by atoms with E-state index in [0.717, 1.165) is 54.5 Å². The molecule has 1 atom stereocenters. The van der Waals surface area contributed by atoms with Crippen molar-refractivity contribution in [2.45, 2.75) is 25.7 Å². The van der Waals surface area contributed by atoms with E-state index in [1.54, 1.807) is 7.11 Å². The standard InChI is InChI=1S/C16H20N2O2/c1-19-14-5-3-2-4-12(14)9-16-18-13-8-11(10-17)6-7-15(13)20-16/h2-5,11H,6-10,17H2,1H3. The topological polar surface area (TPSA) is 61.3 Å². The van der Waals surface area contributed by atoms with Crippen molar-refractivity contribution in [1.82, 2.24) is 4.98 Å². The highest BCUT2D eigenvalue weighted by Gasteiger charge is 2.23. The van der Waals surface area contributed by atoms with Gasteiger partial charge in [-0.15, -0.1) is 0 Å². The van der Waals surface area contributed by atoms with Crippen LogP contribution in [-0.4, -0.2) is 18.6 Å². The largest absolute Gasteiger partial charge is 0.496 e. The molecule has 0 saturated heterocycles. The Labute approximate surface area is 119 Å². The van der Waals surface area contributed by atoms with Gasteiger partial charge in [-0.2, -0.15) is 0 Å². The molecule has 4 nitrogen and oxygen atoms in total. The number of benzene rings is 1. The minimum absolute atomic E-state index is 0.548. The first-order chi connectivity index (χ1) is 9.80. The van der Waals surface area contributed by atoms with E-state index >= 15 is 0 Å². The zero-order valence-electron chi connectivity index (χ0n) is 11.8. The number of nitrogens with zero attached hydrogens (tertiary/aromatic N) is 1. The predicted octanol–water partition coefficient (Wildman–Crippen LogP) is 2.34. The molecule has 0 spiro atoms. The lowest BCUT2D eigenvalue weighted by Crippen LogP contribution is -2.21. The average molecular weight is 272 g/mol. The molecule has 0 amide bonds. The first-order valence-electron chi connectivity index (χ1n) is 7.09. The molecule has 0 bridgehead atoms. The number of oxazole rings is 1. The number of aryl methyl sites for hydroxylation is 1. The maximum absolute atomic E-state index is 5.89. The quantitative estimate of drug-likeness (QED) is 0.928. The maximum atomic E-state index is 5.89. The van der Waals surface area contributed by atoms with Crippen molar-refractivity contribution in [2.75, 3.05) is 13.7 Å². The van der Waals surface area contributed by atoms with E-state index in [4.69, 9.17) is 14.9 Å². The number of ether oxygens (including phenoxy) is 1. The molecule has 1 aliphatic rings. The summed E-state index contributed by atoms with van der Waals surface area (Å²) in [5.41, 5.74) is 7.95. The van der Waals surface area contributed by atoms with Crippen LogP contribution in [0.15, 0.2) is 28.7 Å². The number of fused-ring (bicyclic) bond motifs is 1. The van der Waals surface area contributed by atoms with Gasteiger partial charge in [0.1, 0.15) is 11.5 Å². The minimum atomic E-state index is 0.548. The lowest BCUT2D eigenvalue weighted by Gasteiger charge is -2.17. The molecular formula is C16H20N2O2. The van der Waals surface area contributed by atoms with Gasteiger partial charge in [-0.05, 0) is 31.4 Å². The molecule has 0 fully saturated rings. The normalized spacial score (nSPS) is 17.8. The monoisotopic (exact) mass is 272 g/mol. The van der Waals surface area contributed by atoms with Gasteiger partial charge in [0.05, 0.1) is 19.2 Å². The molecule has 1 aliphatic carbocycles. The van der Waals surface area contributed by atoms with E-state index < -0.39 is 0 Å². The van der Waals surface area contributed by atoms with E-state index in [1.165, 1.54) is 0 Å². The summed E-state index contributed by atoms with van der Waals surface area (Å²) in [5, 5.41) is 0. The van der Waals surface area contributed by atoms with Crippen LogP contribution >= 0.6 is 0 Å². The van der Waals surface area contributed by atoms with E-state index in [2.05, 4.69) is 4.98 Å². The third-order valence-electron chi connectivity index (χ3n) is 3.95. The van der Waals surface area contributed by atoms with Crippen LogP contribution in [0.25, 0.3) is 0 Å². The Kier molecular flexibility index (Phi) is 3.74. The minimum Gasteiger partial charge on any atom is -0.496 e. The second-order valence-electron chi connectivity index (χ2n) is 5.31. The number of rotatable bonds is 4. The van der Waals surface area contributed by atoms with E-state index in [1.807, 2.05) is 24.3 Å². The highest BCUT2D eigenvalue weighted by Crippen LogP contribution is 2.27. The van der Waals surface area contributed by atoms with Gasteiger partial charge in [-0.1, -0.05) is 18.2 Å². The molecule has 4 heteroatoms. The number of para-hydroxylation sites is 1. The summed E-state index contributed by atoms with van der Waals surface area (Å²) in [7, 11) is 1.69. The van der Waals surface area contributed by atoms with Gasteiger partial charge in [0.25, 0.3) is 0 Å². The van der Waals surface area contributed by atoms with Gasteiger partial charge < -0.3 is 14.9 Å². The van der Waals surface area contributed by atoms with Crippen LogP contribution in [0.2, 0.25) is 0 Å². The fraction of sp³-hybridized carbons (Fsp3) is 0.438. The van der Waals surface area contributed by atoms with E-state index in [9.17, 15) is 0 Å². The van der Waals surface area contributed by atoms with Gasteiger partial charge in [0.15, 0.2) is 5.89 Å². The van der Waals surface area contributed by atoms with E-state index in [0.29, 0.717) is 12.3 Å². The highest BCUT2D eigenvalue weighted by molar-refractivity contribution is 5.35. The van der Waals surface area contributed by atoms with Crippen LogP contribution in [0.5, 0.6) is 5.75 Å². The van der Waals surface area contributed by atoms with Gasteiger partial charge in [-0.3, -0.25) is 0 Å². The molecule has 2 aromatic rings. The van der Waals surface area contributed by atoms with E-state index in [-0.39, 0.29) is 0 Å². The summed E-state index contributed by atoms with van der Waals surface area (Å²) in [6.45, 7) is 0.730. The third kappa shape index (κ3) is 2.56. The average Bonchev–Trinajstić information content (AvgIpc) is 2.89. The smallest absolute Gasteiger partial charge is 0.199 e. The van der Waals surface area contributed by atoms with Crippen molar-refractivity contribution < 1.29 is 9.15 Å². The van der Waals surface area contributed by atoms with Crippen molar-refractivity contribution in [3.8, 4) is 5.75 Å². The SMILES string of the molecule is COc1ccccc1Cc1nc2c(o1)CCC(CN)C2. The van der Waals surface area contributed by atoms with Crippen LogP contribution in [-0.2, 0) is 19.3 Å². The summed E-state index contributed by atoms with van der Waals surface area (Å²) in [5.74, 6) is 3.24. The second-order valence-corrected chi connectivity index (χ2v) is 5.31. The Hall–Kier alpha value is -1.81. The molecule has 1 heterocycles. The van der Waals surface area contributed by atoms with Crippen LogP contribution in [0.3, 0.4) is 0 Å². The molecule has 1 unspecified atom stereocenters. The molecule has 106 valence electrons. The predicted molar refractivity (Wildman–Crippen MR) is 76.9 cm³/mol. The first kappa shape index (κ1) is 13.2. The number of hydrogen-bond donors (Lipinski definition) is 1. The summed E-state index contributed by atoms with van der Waals surface area (Å²) in [4.78, 5) is 4.64. The van der Waals surface area contributed by atoms with Gasteiger partial charge in [-0.25, -0.2) is 4.98 Å². The zero-order valence-corrected chi connectivity index (χ0v) is 11.8. The van der Waals surface area contributed by atoms with Crippen LogP contribution < -0.4 is 10.5 Å². The molecule has 0 saturated carbocycles. The van der Waals surface area contributed by atoms with Gasteiger partial charge in [0.2, 0.25) is 0 Å². The number of methoxy groups -OCH3 is 1. The summed E-state index contributed by atoms with van der Waals surface area (Å²) in [6, 6.07) is 7.98. The van der Waals surface area contributed by atoms with Crippen molar-refractivity contribution in [1.29, 1.82) is 0 Å². The Balaban J connectivity index is 1.81. The number of hydrogen-bond acceptors (Lipinski definition) is 4. The Morgan fingerprint density at radius 3 is 3.05 bits per heavy atom. The first-order valence-corrected chi connectivity index (χ1v) is 7.09. The van der Waals surface area contributed by atoms with Gasteiger partial charge >= 0.3 is 0 Å². The molecule has 0 aliphatic heterocycles. The van der Waals surface area contributed by atoms with Crippen LogP contribution in [0.4, 0.5) is 0 Å². The molecular weight excluding hydrogens is 252 g/mol. The van der Waals surface area contributed by atoms with Crippen LogP contribution in [0.1, 0.15) is 29.3 Å². The fourth-order valence-corrected chi connectivity index (χ4v) is 2.79. The van der Waals surface area contributed by atoms with Crippen molar-refractivity contribution in [3.05, 3.63) is 47.2 Å². The molecule has 20 heavy (non-hydrogen) atoms. The zero-order chi connectivity index (χ0) is 13.9. The van der Waals surface area contributed by atoms with Crippen LogP contribution in [0, 0.1) is 5.92 Å². The van der Waals surface area contributed by atoms with Crippen molar-refractivity contribution >= 4 is 0 Å². The summed E-state index contributed by atoms with van der Waals surface area (Å²) >= 11 is 0. The maximum Gasteiger partial charge on any atom is 0.199 e. The highest BCUT2D eigenvalue weighted by atomic mass is 16.5. The lowest BCUT2D eigenvalue weighted by atomic mass is 9.90. The summed E-state index contributed by atoms with van der Waals surface area (Å²) in [6.07, 6.45) is 3.68.